The average Bonchev–Trinajstić information content (AvgIpc) is 2.47. The summed E-state index contributed by atoms with van der Waals surface area (Å²) in [6.45, 7) is 6.26. The molecule has 1 aromatic rings. The minimum Gasteiger partial charge on any atom is -0.371 e. The highest BCUT2D eigenvalue weighted by Crippen LogP contribution is 2.41. The molecule has 2 aliphatic rings. The van der Waals surface area contributed by atoms with Crippen LogP contribution in [0.25, 0.3) is 0 Å². The number of rotatable bonds is 1. The lowest BCUT2D eigenvalue weighted by Crippen LogP contribution is -2.54. The van der Waals surface area contributed by atoms with Crippen molar-refractivity contribution in [1.29, 1.82) is 0 Å². The van der Waals surface area contributed by atoms with Crippen LogP contribution in [0.1, 0.15) is 52.9 Å². The third-order valence-electron chi connectivity index (χ3n) is 4.45. The molecule has 23 heavy (non-hydrogen) atoms. The number of nitro groups is 1. The number of hydrogen-bond donors (Lipinski definition) is 2. The summed E-state index contributed by atoms with van der Waals surface area (Å²) >= 11 is 0. The van der Waals surface area contributed by atoms with Crippen molar-refractivity contribution in [3.05, 3.63) is 28.3 Å². The van der Waals surface area contributed by atoms with Crippen LogP contribution in [0.3, 0.4) is 0 Å². The van der Waals surface area contributed by atoms with E-state index in [4.69, 9.17) is 4.99 Å². The Labute approximate surface area is 136 Å². The molecule has 1 aliphatic heterocycles. The van der Waals surface area contributed by atoms with Crippen LogP contribution in [0.15, 0.2) is 23.2 Å². The summed E-state index contributed by atoms with van der Waals surface area (Å²) in [4.78, 5) is 15.6. The summed E-state index contributed by atoms with van der Waals surface area (Å²) in [5.74, 6) is 0.964. The topological polar surface area (TPSA) is 79.6 Å². The molecule has 1 saturated carbocycles. The fraction of sp³-hybridized carbons (Fsp3) is 0.588. The van der Waals surface area contributed by atoms with Gasteiger partial charge in [-0.25, -0.2) is 0 Å². The molecule has 0 saturated heterocycles. The van der Waals surface area contributed by atoms with Gasteiger partial charge in [-0.15, -0.1) is 0 Å². The number of amidine groups is 1. The summed E-state index contributed by atoms with van der Waals surface area (Å²) in [6.07, 6.45) is 5.51. The van der Waals surface area contributed by atoms with E-state index >= 15 is 0 Å². The highest BCUT2D eigenvalue weighted by molar-refractivity contribution is 6.09. The van der Waals surface area contributed by atoms with Crippen molar-refractivity contribution in [2.75, 3.05) is 10.6 Å². The first-order chi connectivity index (χ1) is 10.8. The van der Waals surface area contributed by atoms with Crippen molar-refractivity contribution < 1.29 is 4.92 Å². The number of nitro benzene ring substituents is 1. The lowest BCUT2D eigenvalue weighted by atomic mass is 9.78. The zero-order valence-corrected chi connectivity index (χ0v) is 14.0. The van der Waals surface area contributed by atoms with Crippen LogP contribution < -0.4 is 10.6 Å². The average molecular weight is 316 g/mol. The second-order valence-corrected chi connectivity index (χ2v) is 7.51. The van der Waals surface area contributed by atoms with Gasteiger partial charge >= 0.3 is 0 Å². The van der Waals surface area contributed by atoms with E-state index in [1.807, 2.05) is 0 Å². The van der Waals surface area contributed by atoms with Crippen molar-refractivity contribution in [2.24, 2.45) is 4.99 Å². The lowest BCUT2D eigenvalue weighted by molar-refractivity contribution is -0.384. The molecule has 1 spiro atoms. The van der Waals surface area contributed by atoms with E-state index in [-0.39, 0.29) is 21.7 Å². The molecule has 124 valence electrons. The highest BCUT2D eigenvalue weighted by Gasteiger charge is 2.41. The fourth-order valence-corrected chi connectivity index (χ4v) is 3.41. The first-order valence-corrected chi connectivity index (χ1v) is 8.23. The van der Waals surface area contributed by atoms with Gasteiger partial charge in [0.25, 0.3) is 5.69 Å². The normalized spacial score (nSPS) is 21.4. The molecule has 1 aliphatic carbocycles. The predicted octanol–water partition coefficient (Wildman–Crippen LogP) is 4.33. The molecule has 0 bridgehead atoms. The molecule has 3 rings (SSSR count). The first-order valence-electron chi connectivity index (χ1n) is 8.23. The van der Waals surface area contributed by atoms with Crippen LogP contribution in [0.5, 0.6) is 0 Å². The number of aliphatic imine (C=N–C) groups is 1. The number of anilines is 2. The number of nitrogens with zero attached hydrogens (tertiary/aromatic N) is 2. The molecule has 2 N–H and O–H groups in total. The molecule has 1 heterocycles. The molecule has 0 aromatic heterocycles. The molecule has 0 unspecified atom stereocenters. The van der Waals surface area contributed by atoms with E-state index in [1.54, 1.807) is 12.1 Å². The number of hydrogen-bond acceptors (Lipinski definition) is 4. The maximum absolute atomic E-state index is 11.0. The van der Waals surface area contributed by atoms with Gasteiger partial charge in [0.2, 0.25) is 0 Å². The smallest absolute Gasteiger partial charge is 0.271 e. The van der Waals surface area contributed by atoms with Crippen molar-refractivity contribution in [3.8, 4) is 0 Å². The van der Waals surface area contributed by atoms with Gasteiger partial charge in [-0.05, 0) is 39.7 Å². The summed E-state index contributed by atoms with van der Waals surface area (Å²) in [5, 5.41) is 18.1. The Kier molecular flexibility index (Phi) is 3.78. The predicted molar refractivity (Wildman–Crippen MR) is 93.3 cm³/mol. The summed E-state index contributed by atoms with van der Waals surface area (Å²) in [6, 6.07) is 4.90. The van der Waals surface area contributed by atoms with Gasteiger partial charge in [-0.1, -0.05) is 19.3 Å². The lowest BCUT2D eigenvalue weighted by Gasteiger charge is -2.44. The van der Waals surface area contributed by atoms with E-state index < -0.39 is 0 Å². The Bertz CT molecular complexity index is 655. The number of fused-ring (bicyclic) bond motifs is 1. The minimum absolute atomic E-state index is 0.111. The quantitative estimate of drug-likeness (QED) is 0.597. The molecule has 6 heteroatoms. The van der Waals surface area contributed by atoms with Crippen LogP contribution in [0.2, 0.25) is 0 Å². The van der Waals surface area contributed by atoms with Gasteiger partial charge in [0.15, 0.2) is 0 Å². The molecular weight excluding hydrogens is 292 g/mol. The third-order valence-corrected chi connectivity index (χ3v) is 4.45. The SMILES string of the molecule is CC(C)(C)N=C1Nc2ccc([N+](=O)[O-])cc2NC12CCCCC2. The second kappa shape index (κ2) is 5.51. The van der Waals surface area contributed by atoms with Crippen LogP contribution in [-0.2, 0) is 0 Å². The van der Waals surface area contributed by atoms with Crippen LogP contribution >= 0.6 is 0 Å². The molecule has 0 radical (unpaired) electrons. The van der Waals surface area contributed by atoms with Gasteiger partial charge in [-0.2, -0.15) is 0 Å². The summed E-state index contributed by atoms with van der Waals surface area (Å²) < 4.78 is 0. The number of benzene rings is 1. The molecular formula is C17H24N4O2. The summed E-state index contributed by atoms with van der Waals surface area (Å²) in [5.41, 5.74) is 1.37. The van der Waals surface area contributed by atoms with Crippen LogP contribution in [0.4, 0.5) is 17.1 Å². The monoisotopic (exact) mass is 316 g/mol. The molecule has 1 fully saturated rings. The van der Waals surface area contributed by atoms with E-state index in [9.17, 15) is 10.1 Å². The highest BCUT2D eigenvalue weighted by atomic mass is 16.6. The van der Waals surface area contributed by atoms with Crippen LogP contribution in [-0.4, -0.2) is 21.8 Å². The van der Waals surface area contributed by atoms with Gasteiger partial charge in [-0.3, -0.25) is 15.1 Å². The standard InChI is InChI=1S/C17H24N4O2/c1-16(2,3)20-15-17(9-5-4-6-10-17)19-14-11-12(21(22)23)7-8-13(14)18-15/h7-8,11,19H,4-6,9-10H2,1-3H3,(H,18,20). The maximum atomic E-state index is 11.0. The van der Waals surface area contributed by atoms with Crippen molar-refractivity contribution >= 4 is 22.9 Å². The van der Waals surface area contributed by atoms with E-state index in [1.165, 1.54) is 12.5 Å². The molecule has 6 nitrogen and oxygen atoms in total. The second-order valence-electron chi connectivity index (χ2n) is 7.51. The Balaban J connectivity index is 2.05. The van der Waals surface area contributed by atoms with Crippen molar-refractivity contribution in [3.63, 3.8) is 0 Å². The summed E-state index contributed by atoms with van der Waals surface area (Å²) in [7, 11) is 0. The Morgan fingerprint density at radius 2 is 1.87 bits per heavy atom. The van der Waals surface area contributed by atoms with E-state index in [0.29, 0.717) is 0 Å². The largest absolute Gasteiger partial charge is 0.371 e. The van der Waals surface area contributed by atoms with Crippen molar-refractivity contribution in [2.45, 2.75) is 64.0 Å². The number of non-ortho nitro benzene ring substituents is 1. The molecule has 0 amide bonds. The van der Waals surface area contributed by atoms with Crippen LogP contribution in [0, 0.1) is 10.1 Å². The first kappa shape index (κ1) is 15.8. The third kappa shape index (κ3) is 3.16. The Morgan fingerprint density at radius 3 is 2.48 bits per heavy atom. The maximum Gasteiger partial charge on any atom is 0.271 e. The molecule has 0 atom stereocenters. The molecule has 1 aromatic carbocycles. The van der Waals surface area contributed by atoms with E-state index in [0.717, 1.165) is 42.9 Å². The van der Waals surface area contributed by atoms with E-state index in [2.05, 4.69) is 31.4 Å². The Hall–Kier alpha value is -2.11. The van der Waals surface area contributed by atoms with Crippen molar-refractivity contribution in [1.82, 2.24) is 0 Å². The number of nitrogens with one attached hydrogen (secondary N) is 2. The zero-order chi connectivity index (χ0) is 16.7. The fourth-order valence-electron chi connectivity index (χ4n) is 3.41. The Morgan fingerprint density at radius 1 is 1.17 bits per heavy atom. The zero-order valence-electron chi connectivity index (χ0n) is 14.0. The van der Waals surface area contributed by atoms with Gasteiger partial charge in [0.05, 0.1) is 27.4 Å². The van der Waals surface area contributed by atoms with Gasteiger partial charge < -0.3 is 10.6 Å². The van der Waals surface area contributed by atoms with Gasteiger partial charge in [0, 0.05) is 12.1 Å². The minimum atomic E-state index is -0.353. The van der Waals surface area contributed by atoms with Gasteiger partial charge in [0.1, 0.15) is 5.84 Å².